The summed E-state index contributed by atoms with van der Waals surface area (Å²) in [5, 5.41) is 1.21. The van der Waals surface area contributed by atoms with Gasteiger partial charge in [0, 0.05) is 22.7 Å². The summed E-state index contributed by atoms with van der Waals surface area (Å²) in [5.74, 6) is 0.997. The second kappa shape index (κ2) is 2.64. The first-order valence-corrected chi connectivity index (χ1v) is 4.82. The number of hydrogen-bond acceptors (Lipinski definition) is 2. The minimum atomic E-state index is 0.757. The highest BCUT2D eigenvalue weighted by Crippen LogP contribution is 2.31. The van der Waals surface area contributed by atoms with Crippen molar-refractivity contribution in [3.63, 3.8) is 0 Å². The molecule has 0 saturated carbocycles. The summed E-state index contributed by atoms with van der Waals surface area (Å²) in [6, 6.07) is 5.87. The maximum atomic E-state index is 5.70. The Balaban J connectivity index is 2.37. The van der Waals surface area contributed by atoms with Gasteiger partial charge < -0.3 is 10.2 Å². The summed E-state index contributed by atoms with van der Waals surface area (Å²) < 4.78 is 5.70. The van der Waals surface area contributed by atoms with Crippen molar-refractivity contribution in [1.82, 2.24) is 0 Å². The third-order valence-corrected chi connectivity index (χ3v) is 2.68. The zero-order valence-electron chi connectivity index (χ0n) is 7.79. The molecule has 0 spiro atoms. The second-order valence-corrected chi connectivity index (χ2v) is 3.64. The summed E-state index contributed by atoms with van der Waals surface area (Å²) in [5.41, 5.74) is 8.69. The molecule has 2 aromatic rings. The van der Waals surface area contributed by atoms with Crippen LogP contribution in [0.5, 0.6) is 0 Å². The standard InChI is InChI=1S/C12H11NO/c13-8-5-6-10-9-3-1-2-4-11(9)14-12(10)7-8/h2,4-7H,1,3,13H2. The van der Waals surface area contributed by atoms with E-state index in [4.69, 9.17) is 10.2 Å². The van der Waals surface area contributed by atoms with E-state index in [1.807, 2.05) is 18.2 Å². The van der Waals surface area contributed by atoms with Crippen molar-refractivity contribution in [3.8, 4) is 0 Å². The van der Waals surface area contributed by atoms with Gasteiger partial charge in [0.1, 0.15) is 11.3 Å². The molecule has 1 heterocycles. The first-order chi connectivity index (χ1) is 6.84. The topological polar surface area (TPSA) is 39.2 Å². The molecule has 2 N–H and O–H groups in total. The van der Waals surface area contributed by atoms with Gasteiger partial charge in [-0.05, 0) is 31.1 Å². The van der Waals surface area contributed by atoms with Crippen LogP contribution in [-0.4, -0.2) is 0 Å². The van der Waals surface area contributed by atoms with Crippen molar-refractivity contribution >= 4 is 22.7 Å². The third-order valence-electron chi connectivity index (χ3n) is 2.68. The molecule has 1 aliphatic carbocycles. The molecule has 0 saturated heterocycles. The van der Waals surface area contributed by atoms with E-state index in [1.165, 1.54) is 10.9 Å². The van der Waals surface area contributed by atoms with Crippen LogP contribution in [0.3, 0.4) is 0 Å². The predicted molar refractivity (Wildman–Crippen MR) is 58.0 cm³/mol. The average molecular weight is 185 g/mol. The summed E-state index contributed by atoms with van der Waals surface area (Å²) >= 11 is 0. The van der Waals surface area contributed by atoms with E-state index in [9.17, 15) is 0 Å². The third kappa shape index (κ3) is 0.970. The Bertz CT molecular complexity index is 522. The van der Waals surface area contributed by atoms with Crippen LogP contribution >= 0.6 is 0 Å². The van der Waals surface area contributed by atoms with Crippen LogP contribution in [0.4, 0.5) is 5.69 Å². The molecular weight excluding hydrogens is 174 g/mol. The van der Waals surface area contributed by atoms with Crippen LogP contribution in [-0.2, 0) is 6.42 Å². The van der Waals surface area contributed by atoms with Gasteiger partial charge in [0.25, 0.3) is 0 Å². The first-order valence-electron chi connectivity index (χ1n) is 4.82. The molecule has 0 fully saturated rings. The fourth-order valence-electron chi connectivity index (χ4n) is 2.00. The Morgan fingerprint density at radius 1 is 1.29 bits per heavy atom. The van der Waals surface area contributed by atoms with Gasteiger partial charge in [-0.15, -0.1) is 0 Å². The lowest BCUT2D eigenvalue weighted by atomic mass is 10.0. The number of anilines is 1. The van der Waals surface area contributed by atoms with Crippen molar-refractivity contribution < 1.29 is 4.42 Å². The summed E-state index contributed by atoms with van der Waals surface area (Å²) in [4.78, 5) is 0. The molecule has 1 aliphatic rings. The molecule has 3 rings (SSSR count). The summed E-state index contributed by atoms with van der Waals surface area (Å²) in [6.45, 7) is 0. The zero-order valence-corrected chi connectivity index (χ0v) is 7.79. The Kier molecular flexibility index (Phi) is 1.45. The van der Waals surface area contributed by atoms with Crippen LogP contribution in [0.15, 0.2) is 28.7 Å². The Hall–Kier alpha value is -1.70. The first kappa shape index (κ1) is 7.68. The average Bonchev–Trinajstić information content (AvgIpc) is 2.54. The minimum Gasteiger partial charge on any atom is -0.456 e. The number of nitrogen functional groups attached to an aromatic ring is 1. The van der Waals surface area contributed by atoms with Crippen molar-refractivity contribution in [2.45, 2.75) is 12.8 Å². The number of nitrogens with two attached hydrogens (primary N) is 1. The quantitative estimate of drug-likeness (QED) is 0.641. The molecule has 1 aromatic heterocycles. The molecule has 0 unspecified atom stereocenters. The molecule has 14 heavy (non-hydrogen) atoms. The van der Waals surface area contributed by atoms with Gasteiger partial charge in [-0.3, -0.25) is 0 Å². The predicted octanol–water partition coefficient (Wildman–Crippen LogP) is 2.97. The molecule has 2 heteroatoms. The normalized spacial score (nSPS) is 14.6. The van der Waals surface area contributed by atoms with Gasteiger partial charge in [-0.1, -0.05) is 6.08 Å². The summed E-state index contributed by atoms with van der Waals surface area (Å²) in [6.07, 6.45) is 6.37. The molecule has 0 amide bonds. The van der Waals surface area contributed by atoms with Crippen LogP contribution < -0.4 is 5.73 Å². The largest absolute Gasteiger partial charge is 0.456 e. The highest BCUT2D eigenvalue weighted by Gasteiger charge is 2.13. The monoisotopic (exact) mass is 185 g/mol. The molecule has 0 atom stereocenters. The molecule has 70 valence electrons. The van der Waals surface area contributed by atoms with E-state index in [1.54, 1.807) is 0 Å². The molecule has 0 bridgehead atoms. The van der Waals surface area contributed by atoms with Crippen LogP contribution in [0, 0.1) is 0 Å². The lowest BCUT2D eigenvalue weighted by Crippen LogP contribution is -1.89. The van der Waals surface area contributed by atoms with E-state index < -0.39 is 0 Å². The Labute approximate surface area is 82.0 Å². The Morgan fingerprint density at radius 2 is 2.21 bits per heavy atom. The van der Waals surface area contributed by atoms with E-state index >= 15 is 0 Å². The van der Waals surface area contributed by atoms with Gasteiger partial charge >= 0.3 is 0 Å². The SMILES string of the molecule is Nc1ccc2c3c(oc2c1)C=CCC3. The fourth-order valence-corrected chi connectivity index (χ4v) is 2.00. The van der Waals surface area contributed by atoms with E-state index in [0.717, 1.165) is 29.9 Å². The van der Waals surface area contributed by atoms with Crippen LogP contribution in [0.25, 0.3) is 17.0 Å². The zero-order chi connectivity index (χ0) is 9.54. The van der Waals surface area contributed by atoms with Gasteiger partial charge in [-0.25, -0.2) is 0 Å². The van der Waals surface area contributed by atoms with Crippen molar-refractivity contribution in [2.75, 3.05) is 5.73 Å². The molecule has 1 aromatic carbocycles. The smallest absolute Gasteiger partial charge is 0.137 e. The number of hydrogen-bond donors (Lipinski definition) is 1. The van der Waals surface area contributed by atoms with Crippen molar-refractivity contribution in [3.05, 3.63) is 35.6 Å². The van der Waals surface area contributed by atoms with Gasteiger partial charge in [0.05, 0.1) is 0 Å². The fraction of sp³-hybridized carbons (Fsp3) is 0.167. The minimum absolute atomic E-state index is 0.757. The number of aryl methyl sites for hydroxylation is 1. The highest BCUT2D eigenvalue weighted by molar-refractivity contribution is 5.87. The van der Waals surface area contributed by atoms with E-state index in [0.29, 0.717) is 0 Å². The van der Waals surface area contributed by atoms with Gasteiger partial charge in [0.15, 0.2) is 0 Å². The van der Waals surface area contributed by atoms with Crippen molar-refractivity contribution in [1.29, 1.82) is 0 Å². The second-order valence-electron chi connectivity index (χ2n) is 3.64. The number of fused-ring (bicyclic) bond motifs is 3. The van der Waals surface area contributed by atoms with Gasteiger partial charge in [-0.2, -0.15) is 0 Å². The molecular formula is C12H11NO. The van der Waals surface area contributed by atoms with E-state index in [2.05, 4.69) is 12.2 Å². The molecule has 2 nitrogen and oxygen atoms in total. The molecule has 0 aliphatic heterocycles. The number of rotatable bonds is 0. The molecule has 0 radical (unpaired) electrons. The number of furan rings is 1. The highest BCUT2D eigenvalue weighted by atomic mass is 16.3. The van der Waals surface area contributed by atoms with Gasteiger partial charge in [0.2, 0.25) is 0 Å². The maximum Gasteiger partial charge on any atom is 0.137 e. The number of allylic oxidation sites excluding steroid dienone is 1. The number of benzene rings is 1. The van der Waals surface area contributed by atoms with Crippen LogP contribution in [0.1, 0.15) is 17.7 Å². The summed E-state index contributed by atoms with van der Waals surface area (Å²) in [7, 11) is 0. The van der Waals surface area contributed by atoms with Crippen molar-refractivity contribution in [2.24, 2.45) is 0 Å². The lowest BCUT2D eigenvalue weighted by molar-refractivity contribution is 0.595. The van der Waals surface area contributed by atoms with Crippen LogP contribution in [0.2, 0.25) is 0 Å². The maximum absolute atomic E-state index is 5.70. The lowest BCUT2D eigenvalue weighted by Gasteiger charge is -2.01. The Morgan fingerprint density at radius 3 is 3.14 bits per heavy atom. The van der Waals surface area contributed by atoms with E-state index in [-0.39, 0.29) is 0 Å².